The molecule has 0 atom stereocenters. The Kier molecular flexibility index (Phi) is 3.00. The maximum atomic E-state index is 5.59. The second-order valence-electron chi connectivity index (χ2n) is 3.67. The highest BCUT2D eigenvalue weighted by Gasteiger charge is 2.02. The van der Waals surface area contributed by atoms with Crippen LogP contribution in [0.1, 0.15) is 5.56 Å². The Labute approximate surface area is 94.8 Å². The fourth-order valence-corrected chi connectivity index (χ4v) is 1.47. The molecular formula is C12H14N4. The van der Waals surface area contributed by atoms with Crippen LogP contribution < -0.4 is 10.6 Å². The van der Waals surface area contributed by atoms with E-state index in [9.17, 15) is 0 Å². The third-order valence-electron chi connectivity index (χ3n) is 2.30. The molecule has 16 heavy (non-hydrogen) atoms. The SMILES string of the molecule is CN(Cc1cccnc1)c1ccc(N)cn1. The molecule has 2 rings (SSSR count). The van der Waals surface area contributed by atoms with Gasteiger partial charge in [-0.1, -0.05) is 6.07 Å². The zero-order valence-corrected chi connectivity index (χ0v) is 9.17. The average Bonchev–Trinajstić information content (AvgIpc) is 2.31. The van der Waals surface area contributed by atoms with Crippen LogP contribution in [-0.2, 0) is 6.54 Å². The van der Waals surface area contributed by atoms with Gasteiger partial charge in [-0.15, -0.1) is 0 Å². The highest BCUT2D eigenvalue weighted by Crippen LogP contribution is 2.13. The van der Waals surface area contributed by atoms with Gasteiger partial charge in [0, 0.05) is 26.0 Å². The molecule has 4 heteroatoms. The van der Waals surface area contributed by atoms with Crippen molar-refractivity contribution >= 4 is 11.5 Å². The van der Waals surface area contributed by atoms with Crippen LogP contribution in [0.25, 0.3) is 0 Å². The zero-order valence-electron chi connectivity index (χ0n) is 9.17. The van der Waals surface area contributed by atoms with Crippen LogP contribution in [-0.4, -0.2) is 17.0 Å². The molecule has 0 aliphatic rings. The first-order valence-corrected chi connectivity index (χ1v) is 5.07. The summed E-state index contributed by atoms with van der Waals surface area (Å²) in [6.45, 7) is 0.782. The molecule has 4 nitrogen and oxygen atoms in total. The maximum Gasteiger partial charge on any atom is 0.128 e. The summed E-state index contributed by atoms with van der Waals surface area (Å²) >= 11 is 0. The number of hydrogen-bond acceptors (Lipinski definition) is 4. The molecule has 82 valence electrons. The Balaban J connectivity index is 2.09. The van der Waals surface area contributed by atoms with Gasteiger partial charge in [-0.05, 0) is 23.8 Å². The molecule has 0 amide bonds. The van der Waals surface area contributed by atoms with Gasteiger partial charge < -0.3 is 10.6 Å². The lowest BCUT2D eigenvalue weighted by Gasteiger charge is -2.17. The molecule has 0 fully saturated rings. The lowest BCUT2D eigenvalue weighted by atomic mass is 10.2. The van der Waals surface area contributed by atoms with Gasteiger partial charge >= 0.3 is 0 Å². The summed E-state index contributed by atoms with van der Waals surface area (Å²) in [5, 5.41) is 0. The number of pyridine rings is 2. The van der Waals surface area contributed by atoms with E-state index < -0.39 is 0 Å². The third kappa shape index (κ3) is 2.48. The Morgan fingerprint density at radius 2 is 2.12 bits per heavy atom. The minimum atomic E-state index is 0.679. The summed E-state index contributed by atoms with van der Waals surface area (Å²) in [4.78, 5) is 10.4. The Morgan fingerprint density at radius 1 is 1.25 bits per heavy atom. The monoisotopic (exact) mass is 214 g/mol. The van der Waals surface area contributed by atoms with E-state index in [1.807, 2.05) is 37.5 Å². The first kappa shape index (κ1) is 10.4. The minimum absolute atomic E-state index is 0.679. The highest BCUT2D eigenvalue weighted by atomic mass is 15.2. The summed E-state index contributed by atoms with van der Waals surface area (Å²) in [6.07, 6.45) is 5.29. The van der Waals surface area contributed by atoms with Crippen molar-refractivity contribution < 1.29 is 0 Å². The van der Waals surface area contributed by atoms with Gasteiger partial charge in [0.2, 0.25) is 0 Å². The fraction of sp³-hybridized carbons (Fsp3) is 0.167. The molecule has 2 aromatic rings. The van der Waals surface area contributed by atoms with E-state index in [1.54, 1.807) is 12.4 Å². The lowest BCUT2D eigenvalue weighted by molar-refractivity contribution is 0.892. The first-order chi connectivity index (χ1) is 7.75. The third-order valence-corrected chi connectivity index (χ3v) is 2.30. The second-order valence-corrected chi connectivity index (χ2v) is 3.67. The van der Waals surface area contributed by atoms with Crippen molar-refractivity contribution in [2.24, 2.45) is 0 Å². The van der Waals surface area contributed by atoms with E-state index in [-0.39, 0.29) is 0 Å². The Hall–Kier alpha value is -2.10. The molecule has 0 spiro atoms. The smallest absolute Gasteiger partial charge is 0.128 e. The van der Waals surface area contributed by atoms with Gasteiger partial charge in [0.05, 0.1) is 11.9 Å². The van der Waals surface area contributed by atoms with Gasteiger partial charge in [0.25, 0.3) is 0 Å². The molecule has 0 saturated heterocycles. The van der Waals surface area contributed by atoms with E-state index in [0.29, 0.717) is 5.69 Å². The average molecular weight is 214 g/mol. The summed E-state index contributed by atoms with van der Waals surface area (Å²) in [5.74, 6) is 0.901. The molecule has 0 unspecified atom stereocenters. The van der Waals surface area contributed by atoms with Gasteiger partial charge in [0.1, 0.15) is 5.82 Å². The van der Waals surface area contributed by atoms with Crippen molar-refractivity contribution in [3.8, 4) is 0 Å². The summed E-state index contributed by atoms with van der Waals surface area (Å²) < 4.78 is 0. The van der Waals surface area contributed by atoms with Crippen molar-refractivity contribution in [2.75, 3.05) is 17.7 Å². The van der Waals surface area contributed by atoms with Crippen molar-refractivity contribution in [2.45, 2.75) is 6.54 Å². The van der Waals surface area contributed by atoms with E-state index >= 15 is 0 Å². The molecule has 0 aromatic carbocycles. The van der Waals surface area contributed by atoms with E-state index in [2.05, 4.69) is 14.9 Å². The second kappa shape index (κ2) is 4.61. The predicted molar refractivity (Wildman–Crippen MR) is 65.0 cm³/mol. The Bertz CT molecular complexity index is 438. The van der Waals surface area contributed by atoms with Gasteiger partial charge in [0.15, 0.2) is 0 Å². The number of aromatic nitrogens is 2. The van der Waals surface area contributed by atoms with Gasteiger partial charge in [-0.25, -0.2) is 4.98 Å². The molecule has 0 radical (unpaired) electrons. The lowest BCUT2D eigenvalue weighted by Crippen LogP contribution is -2.17. The van der Waals surface area contributed by atoms with Crippen molar-refractivity contribution in [1.29, 1.82) is 0 Å². The van der Waals surface area contributed by atoms with E-state index in [0.717, 1.165) is 17.9 Å². The molecule has 0 saturated carbocycles. The highest BCUT2D eigenvalue weighted by molar-refractivity contribution is 5.45. The number of nitrogens with zero attached hydrogens (tertiary/aromatic N) is 3. The maximum absolute atomic E-state index is 5.59. The van der Waals surface area contributed by atoms with Gasteiger partial charge in [-0.2, -0.15) is 0 Å². The van der Waals surface area contributed by atoms with Crippen LogP contribution in [0.5, 0.6) is 0 Å². The predicted octanol–water partition coefficient (Wildman–Crippen LogP) is 1.70. The number of nitrogen functional groups attached to an aromatic ring is 1. The van der Waals surface area contributed by atoms with Gasteiger partial charge in [-0.3, -0.25) is 4.98 Å². The van der Waals surface area contributed by atoms with Crippen LogP contribution >= 0.6 is 0 Å². The van der Waals surface area contributed by atoms with Crippen LogP contribution in [0, 0.1) is 0 Å². The van der Waals surface area contributed by atoms with Crippen LogP contribution in [0.4, 0.5) is 11.5 Å². The zero-order chi connectivity index (χ0) is 11.4. The van der Waals surface area contributed by atoms with Crippen molar-refractivity contribution in [3.63, 3.8) is 0 Å². The molecular weight excluding hydrogens is 200 g/mol. The number of anilines is 2. The standard InChI is InChI=1S/C12H14N4/c1-16(9-10-3-2-6-14-7-10)12-5-4-11(13)8-15-12/h2-8H,9,13H2,1H3. The first-order valence-electron chi connectivity index (χ1n) is 5.07. The Morgan fingerprint density at radius 3 is 2.75 bits per heavy atom. The molecule has 2 aromatic heterocycles. The molecule has 0 bridgehead atoms. The number of nitrogens with two attached hydrogens (primary N) is 1. The quantitative estimate of drug-likeness (QED) is 0.844. The topological polar surface area (TPSA) is 55.0 Å². The molecule has 0 aliphatic carbocycles. The van der Waals surface area contributed by atoms with Crippen LogP contribution in [0.2, 0.25) is 0 Å². The fourth-order valence-electron chi connectivity index (χ4n) is 1.47. The van der Waals surface area contributed by atoms with Crippen LogP contribution in [0.15, 0.2) is 42.9 Å². The van der Waals surface area contributed by atoms with E-state index in [4.69, 9.17) is 5.73 Å². The van der Waals surface area contributed by atoms with Crippen LogP contribution in [0.3, 0.4) is 0 Å². The normalized spacial score (nSPS) is 10.1. The minimum Gasteiger partial charge on any atom is -0.397 e. The summed E-state index contributed by atoms with van der Waals surface area (Å²) in [7, 11) is 1.99. The molecule has 2 heterocycles. The largest absolute Gasteiger partial charge is 0.397 e. The summed E-state index contributed by atoms with van der Waals surface area (Å²) in [6, 6.07) is 7.73. The number of rotatable bonds is 3. The van der Waals surface area contributed by atoms with Crippen molar-refractivity contribution in [1.82, 2.24) is 9.97 Å². The summed E-state index contributed by atoms with van der Waals surface area (Å²) in [5.41, 5.74) is 7.42. The van der Waals surface area contributed by atoms with E-state index in [1.165, 1.54) is 0 Å². The molecule has 0 aliphatic heterocycles. The number of hydrogen-bond donors (Lipinski definition) is 1. The molecule has 2 N–H and O–H groups in total. The van der Waals surface area contributed by atoms with Crippen molar-refractivity contribution in [3.05, 3.63) is 48.4 Å².